The van der Waals surface area contributed by atoms with Gasteiger partial charge in [0.2, 0.25) is 23.3 Å². The largest absolute Gasteiger partial charge is 0.459 e. The van der Waals surface area contributed by atoms with Gasteiger partial charge in [-0.15, -0.1) is 0 Å². The highest BCUT2D eigenvalue weighted by Crippen LogP contribution is 2.58. The minimum Gasteiger partial charge on any atom is -0.459 e. The summed E-state index contributed by atoms with van der Waals surface area (Å²) in [5, 5.41) is 3.61. The van der Waals surface area contributed by atoms with Crippen LogP contribution >= 0.6 is 0 Å². The van der Waals surface area contributed by atoms with E-state index in [1.54, 1.807) is 12.1 Å². The molecule has 6 aromatic rings. The highest BCUT2D eigenvalue weighted by molar-refractivity contribution is 6.87. The third-order valence-electron chi connectivity index (χ3n) is 19.4. The van der Waals surface area contributed by atoms with Crippen LogP contribution in [-0.4, -0.2) is 122 Å². The zero-order valence-electron chi connectivity index (χ0n) is 63.5. The number of rotatable bonds is 23. The third-order valence-corrected chi connectivity index (χ3v) is 29.7. The maximum atomic E-state index is 13.3. The molecule has 4 atom stereocenters. The average molecular weight is 1430 g/mol. The molecule has 4 heterocycles. The molecule has 0 N–H and O–H groups in total. The van der Waals surface area contributed by atoms with Crippen LogP contribution in [0.25, 0.3) is 21.5 Å². The molecule has 4 aliphatic heterocycles. The lowest BCUT2D eigenvalue weighted by molar-refractivity contribution is -0.139. The predicted molar refractivity (Wildman–Crippen MR) is 425 cm³/mol. The van der Waals surface area contributed by atoms with Gasteiger partial charge in [0.05, 0.1) is 36.1 Å². The van der Waals surface area contributed by atoms with Crippen LogP contribution in [0.3, 0.4) is 0 Å². The lowest BCUT2D eigenvalue weighted by atomic mass is 9.77. The number of para-hydroxylation sites is 2. The van der Waals surface area contributed by atoms with E-state index in [0.717, 1.165) is 58.5 Å². The zero-order chi connectivity index (χ0) is 72.6. The summed E-state index contributed by atoms with van der Waals surface area (Å²) in [6.07, 6.45) is 5.19. The predicted octanol–water partition coefficient (Wildman–Crippen LogP) is 19.7. The lowest BCUT2D eigenvalue weighted by Gasteiger charge is -2.48. The van der Waals surface area contributed by atoms with Crippen LogP contribution in [0, 0.1) is 22.7 Å². The van der Waals surface area contributed by atoms with E-state index in [1.807, 2.05) is 84.6 Å². The number of hydrogen-bond donors (Lipinski definition) is 0. The Bertz CT molecular complexity index is 4030. The first-order valence-electron chi connectivity index (χ1n) is 35.9. The van der Waals surface area contributed by atoms with E-state index in [4.69, 9.17) is 37.2 Å². The first-order valence-corrected chi connectivity index (χ1v) is 45.2. The molecule has 0 radical (unpaired) electrons. The number of ether oxygens (including phenoxy) is 4. The number of amides is 2. The fourth-order valence-corrected chi connectivity index (χ4v) is 28.9. The summed E-state index contributed by atoms with van der Waals surface area (Å²) in [6.45, 7) is 52.2. The van der Waals surface area contributed by atoms with Crippen molar-refractivity contribution in [1.29, 1.82) is 0 Å². The van der Waals surface area contributed by atoms with Gasteiger partial charge in [0.15, 0.2) is 16.6 Å². The zero-order valence-corrected chi connectivity index (χ0v) is 66.5. The second kappa shape index (κ2) is 31.0. The van der Waals surface area contributed by atoms with Crippen LogP contribution in [0.1, 0.15) is 162 Å². The Labute approximate surface area is 608 Å². The summed E-state index contributed by atoms with van der Waals surface area (Å²) < 4.78 is 38.8. The molecule has 0 saturated heterocycles. The Balaban J connectivity index is 0.000000284. The molecule has 6 aromatic carbocycles. The van der Waals surface area contributed by atoms with E-state index >= 15 is 0 Å². The Hall–Kier alpha value is -7.17. The topological polar surface area (TPSA) is 161 Å². The summed E-state index contributed by atoms with van der Waals surface area (Å²) >= 11 is 0. The normalized spacial score (nSPS) is 18.4. The van der Waals surface area contributed by atoms with E-state index in [1.165, 1.54) is 11.1 Å². The molecule has 4 unspecified atom stereocenters. The van der Waals surface area contributed by atoms with E-state index in [2.05, 4.69) is 194 Å². The standard InChI is InChI=1S/C43H65N3O6Si3.C37H47N3O4.2CH4/c1-15-45(27-31(2)28-54(11,12)52-55(13,14)51-53(8,9)10)38(47)24-25-39(48)49-33-22-20-32-21-23-37-40(34(32)26-33)44-29-43(50-37)42(6,7)35-18-16-17-19-36(35)46(43)30-41(3,4)5;1-9-25(3)22-39(10-2)32(41)19-20-33(42)43-27-17-15-26-16-18-31-34(28(26)21-27)38-23-37(44-31)36(7,8)29-13-11-12-14-30(29)40(37)24-35(4,5)6;;/h16-23,26,29,31H,15,24-25,27-28,30H2,1-14H3;11-18,21,23,25H,9-10,19-20,22,24H2,1-8H3;2*1H4. The molecule has 0 bridgehead atoms. The summed E-state index contributed by atoms with van der Waals surface area (Å²) in [4.78, 5) is 70.5. The molecule has 2 amide bonds. The van der Waals surface area contributed by atoms with Crippen LogP contribution in [0.4, 0.5) is 22.7 Å². The number of carbonyl (C=O) groups excluding carboxylic acids is 4. The maximum Gasteiger partial charge on any atom is 0.311 e. The average Bonchev–Trinajstić information content (AvgIpc) is 1.56. The number of carbonyl (C=O) groups is 4. The second-order valence-electron chi connectivity index (χ2n) is 33.4. The summed E-state index contributed by atoms with van der Waals surface area (Å²) in [5.41, 5.74) is 3.84. The van der Waals surface area contributed by atoms with Gasteiger partial charge < -0.3 is 46.8 Å². The lowest BCUT2D eigenvalue weighted by Crippen LogP contribution is -2.63. The monoisotopic (exact) mass is 1430 g/mol. The van der Waals surface area contributed by atoms with Crippen molar-refractivity contribution >= 4 is 106 Å². The molecule has 2 spiro atoms. The minimum absolute atomic E-state index is 0. The fourth-order valence-electron chi connectivity index (χ4n) is 15.0. The SMILES string of the molecule is C.C.CCC(C)CN(CC)C(=O)CCC(=O)Oc1ccc2ccc3c(c2c1)N=CC1(O3)N(CC(C)(C)C)c2ccccc2C1(C)C.CCN(CC(C)C[Si](C)(C)O[Si](C)(C)O[Si](C)(C)C)C(=O)CCC(=O)Oc1ccc2ccc3c(c2c1)N=CC1(O3)N(CC(C)(C)C)c2ccccc2C1(C)C. The number of fused-ring (bicyclic) bond motifs is 8. The Morgan fingerprint density at radius 1 is 0.535 bits per heavy atom. The number of nitrogens with zero attached hydrogens (tertiary/aromatic N) is 6. The van der Waals surface area contributed by atoms with Crippen LogP contribution in [0.2, 0.25) is 51.9 Å². The van der Waals surface area contributed by atoms with Crippen molar-refractivity contribution in [2.24, 2.45) is 32.7 Å². The van der Waals surface area contributed by atoms with E-state index in [-0.39, 0.29) is 79.9 Å². The van der Waals surface area contributed by atoms with Crippen molar-refractivity contribution in [1.82, 2.24) is 9.80 Å². The van der Waals surface area contributed by atoms with Gasteiger partial charge in [0.25, 0.3) is 0 Å². The molecule has 16 nitrogen and oxygen atoms in total. The number of benzene rings is 6. The van der Waals surface area contributed by atoms with Crippen molar-refractivity contribution in [2.45, 2.75) is 225 Å². The number of aliphatic imine (C=N–C) groups is 2. The van der Waals surface area contributed by atoms with Crippen molar-refractivity contribution in [3.63, 3.8) is 0 Å². The Morgan fingerprint density at radius 2 is 0.921 bits per heavy atom. The minimum atomic E-state index is -2.25. The molecule has 4 aliphatic rings. The maximum absolute atomic E-state index is 13.3. The molecule has 10 rings (SSSR count). The molecule has 0 aromatic heterocycles. The van der Waals surface area contributed by atoms with Crippen molar-refractivity contribution < 1.29 is 46.4 Å². The van der Waals surface area contributed by atoms with Gasteiger partial charge in [-0.1, -0.05) is 144 Å². The highest BCUT2D eigenvalue weighted by Gasteiger charge is 2.62. The van der Waals surface area contributed by atoms with Gasteiger partial charge >= 0.3 is 20.5 Å². The second-order valence-corrected chi connectivity index (χ2v) is 46.0. The fraction of sp³-hybridized carbons (Fsp3) is 0.537. The van der Waals surface area contributed by atoms with Gasteiger partial charge in [-0.3, -0.25) is 29.2 Å². The quantitative estimate of drug-likeness (QED) is 0.0340. The first kappa shape index (κ1) is 81.1. The van der Waals surface area contributed by atoms with Crippen LogP contribution in [-0.2, 0) is 38.2 Å². The van der Waals surface area contributed by atoms with Crippen molar-refractivity contribution in [3.8, 4) is 23.0 Å². The van der Waals surface area contributed by atoms with Gasteiger partial charge in [0.1, 0.15) is 34.4 Å². The molecular weight excluding hydrogens is 1310 g/mol. The first-order chi connectivity index (χ1) is 46.1. The van der Waals surface area contributed by atoms with Crippen LogP contribution in [0.15, 0.2) is 119 Å². The smallest absolute Gasteiger partial charge is 0.311 e. The van der Waals surface area contributed by atoms with Gasteiger partial charge in [-0.2, -0.15) is 0 Å². The Kier molecular flexibility index (Phi) is 24.9. The van der Waals surface area contributed by atoms with Crippen LogP contribution in [0.5, 0.6) is 23.0 Å². The summed E-state index contributed by atoms with van der Waals surface area (Å²) in [6, 6.07) is 37.1. The number of esters is 2. The number of hydrogen-bond acceptors (Lipinski definition) is 14. The molecule has 0 saturated carbocycles. The van der Waals surface area contributed by atoms with Gasteiger partial charge in [-0.05, 0) is 187 Å². The number of anilines is 2. The van der Waals surface area contributed by atoms with Crippen molar-refractivity contribution in [2.75, 3.05) is 49.1 Å². The summed E-state index contributed by atoms with van der Waals surface area (Å²) in [7, 11) is -6.00. The molecular formula is C82H120N6O10Si3. The molecule has 550 valence electrons. The van der Waals surface area contributed by atoms with E-state index in [9.17, 15) is 19.2 Å². The highest BCUT2D eigenvalue weighted by atomic mass is 28.5. The third kappa shape index (κ3) is 18.1. The molecule has 101 heavy (non-hydrogen) atoms. The Morgan fingerprint density at radius 3 is 1.30 bits per heavy atom. The molecule has 19 heteroatoms. The van der Waals surface area contributed by atoms with Gasteiger partial charge in [0, 0.05) is 74.3 Å². The van der Waals surface area contributed by atoms with Crippen molar-refractivity contribution in [3.05, 3.63) is 120 Å². The summed E-state index contributed by atoms with van der Waals surface area (Å²) in [5.74, 6) is 1.95. The molecule has 0 aliphatic carbocycles. The van der Waals surface area contributed by atoms with Gasteiger partial charge in [-0.25, -0.2) is 0 Å². The van der Waals surface area contributed by atoms with Crippen LogP contribution < -0.4 is 28.7 Å². The van der Waals surface area contributed by atoms with E-state index in [0.29, 0.717) is 66.5 Å². The molecule has 0 fully saturated rings. The van der Waals surface area contributed by atoms with E-state index < -0.39 is 48.6 Å².